The summed E-state index contributed by atoms with van der Waals surface area (Å²) < 4.78 is 1.93. The Morgan fingerprint density at radius 3 is 2.92 bits per heavy atom. The SMILES string of the molecule is Cc1ccc(NC(=O)NCC(C)n2ccnc2)cc1N1CCCC1=O. The molecule has 1 aromatic heterocycles. The maximum Gasteiger partial charge on any atom is 0.319 e. The highest BCUT2D eigenvalue weighted by molar-refractivity contribution is 5.97. The molecule has 7 nitrogen and oxygen atoms in total. The van der Waals surface area contributed by atoms with Crippen LogP contribution in [0.15, 0.2) is 36.9 Å². The zero-order valence-electron chi connectivity index (χ0n) is 14.5. The molecule has 1 saturated heterocycles. The molecule has 0 spiro atoms. The van der Waals surface area contributed by atoms with Gasteiger partial charge in [0.15, 0.2) is 0 Å². The van der Waals surface area contributed by atoms with Gasteiger partial charge < -0.3 is 20.1 Å². The highest BCUT2D eigenvalue weighted by Gasteiger charge is 2.23. The van der Waals surface area contributed by atoms with Gasteiger partial charge in [-0.2, -0.15) is 0 Å². The normalized spacial score (nSPS) is 15.3. The molecule has 2 heterocycles. The second kappa shape index (κ2) is 7.38. The molecule has 1 aromatic carbocycles. The van der Waals surface area contributed by atoms with Gasteiger partial charge >= 0.3 is 6.03 Å². The minimum Gasteiger partial charge on any atom is -0.336 e. The Morgan fingerprint density at radius 1 is 1.40 bits per heavy atom. The highest BCUT2D eigenvalue weighted by Crippen LogP contribution is 2.28. The van der Waals surface area contributed by atoms with E-state index in [-0.39, 0.29) is 18.0 Å². The van der Waals surface area contributed by atoms with Crippen LogP contribution in [0.3, 0.4) is 0 Å². The number of carbonyl (C=O) groups is 2. The average molecular weight is 341 g/mol. The van der Waals surface area contributed by atoms with Crippen LogP contribution in [-0.2, 0) is 4.79 Å². The molecule has 3 amide bonds. The van der Waals surface area contributed by atoms with Crippen molar-refractivity contribution in [2.45, 2.75) is 32.7 Å². The van der Waals surface area contributed by atoms with Crippen LogP contribution in [-0.4, -0.2) is 34.6 Å². The second-order valence-corrected chi connectivity index (χ2v) is 6.34. The van der Waals surface area contributed by atoms with E-state index in [2.05, 4.69) is 15.6 Å². The minimum atomic E-state index is -0.269. The summed E-state index contributed by atoms with van der Waals surface area (Å²) in [6.45, 7) is 5.20. The van der Waals surface area contributed by atoms with Crippen LogP contribution in [0.5, 0.6) is 0 Å². The predicted octanol–water partition coefficient (Wildman–Crippen LogP) is 2.70. The van der Waals surface area contributed by atoms with Crippen LogP contribution in [0.2, 0.25) is 0 Å². The van der Waals surface area contributed by atoms with E-state index in [9.17, 15) is 9.59 Å². The first-order valence-corrected chi connectivity index (χ1v) is 8.48. The number of nitrogens with one attached hydrogen (secondary N) is 2. The molecule has 0 saturated carbocycles. The maximum atomic E-state index is 12.1. The van der Waals surface area contributed by atoms with E-state index in [4.69, 9.17) is 0 Å². The van der Waals surface area contributed by atoms with Crippen LogP contribution >= 0.6 is 0 Å². The van der Waals surface area contributed by atoms with Crippen molar-refractivity contribution in [3.63, 3.8) is 0 Å². The Balaban J connectivity index is 1.60. The fourth-order valence-corrected chi connectivity index (χ4v) is 2.93. The van der Waals surface area contributed by atoms with Crippen molar-refractivity contribution in [1.82, 2.24) is 14.9 Å². The van der Waals surface area contributed by atoms with Crippen molar-refractivity contribution in [3.8, 4) is 0 Å². The number of hydrogen-bond donors (Lipinski definition) is 2. The van der Waals surface area contributed by atoms with Crippen molar-refractivity contribution in [2.24, 2.45) is 0 Å². The molecule has 1 fully saturated rings. The number of amides is 3. The Hall–Kier alpha value is -2.83. The molecule has 0 radical (unpaired) electrons. The lowest BCUT2D eigenvalue weighted by atomic mass is 10.1. The largest absolute Gasteiger partial charge is 0.336 e. The summed E-state index contributed by atoms with van der Waals surface area (Å²) in [5, 5.41) is 5.69. The molecule has 132 valence electrons. The summed E-state index contributed by atoms with van der Waals surface area (Å²) >= 11 is 0. The van der Waals surface area contributed by atoms with Gasteiger partial charge in [0.2, 0.25) is 5.91 Å². The second-order valence-electron chi connectivity index (χ2n) is 6.34. The van der Waals surface area contributed by atoms with Gasteiger partial charge in [-0.15, -0.1) is 0 Å². The van der Waals surface area contributed by atoms with E-state index in [0.717, 1.165) is 24.2 Å². The molecule has 1 unspecified atom stereocenters. The van der Waals surface area contributed by atoms with Crippen molar-refractivity contribution in [1.29, 1.82) is 0 Å². The maximum absolute atomic E-state index is 12.1. The molecule has 1 aliphatic heterocycles. The summed E-state index contributed by atoms with van der Waals surface area (Å²) in [5.74, 6) is 0.138. The zero-order chi connectivity index (χ0) is 17.8. The number of aryl methyl sites for hydroxylation is 1. The number of hydrogen-bond acceptors (Lipinski definition) is 3. The molecule has 1 aliphatic rings. The fourth-order valence-electron chi connectivity index (χ4n) is 2.93. The lowest BCUT2D eigenvalue weighted by molar-refractivity contribution is -0.117. The molecular weight excluding hydrogens is 318 g/mol. The van der Waals surface area contributed by atoms with E-state index >= 15 is 0 Å². The van der Waals surface area contributed by atoms with Crippen molar-refractivity contribution in [3.05, 3.63) is 42.5 Å². The van der Waals surface area contributed by atoms with Crippen molar-refractivity contribution in [2.75, 3.05) is 23.3 Å². The smallest absolute Gasteiger partial charge is 0.319 e. The Labute approximate surface area is 147 Å². The molecule has 2 aromatic rings. The third-order valence-electron chi connectivity index (χ3n) is 4.42. The number of benzene rings is 1. The summed E-state index contributed by atoms with van der Waals surface area (Å²) in [5.41, 5.74) is 2.56. The van der Waals surface area contributed by atoms with Gasteiger partial charge in [0.1, 0.15) is 0 Å². The quantitative estimate of drug-likeness (QED) is 0.877. The van der Waals surface area contributed by atoms with Gasteiger partial charge in [0.25, 0.3) is 0 Å². The Bertz CT molecular complexity index is 757. The number of imidazole rings is 1. The number of anilines is 2. The summed E-state index contributed by atoms with van der Waals surface area (Å²) in [6, 6.07) is 5.47. The number of aromatic nitrogens is 2. The van der Waals surface area contributed by atoms with Gasteiger partial charge in [-0.3, -0.25) is 4.79 Å². The number of carbonyl (C=O) groups excluding carboxylic acids is 2. The standard InChI is InChI=1S/C18H23N5O2/c1-13-5-6-15(10-16(13)23-8-3-4-17(23)24)21-18(25)20-11-14(2)22-9-7-19-12-22/h5-7,9-10,12,14H,3-4,8,11H2,1-2H3,(H2,20,21,25). The van der Waals surface area contributed by atoms with Crippen LogP contribution in [0.25, 0.3) is 0 Å². The molecule has 1 atom stereocenters. The van der Waals surface area contributed by atoms with Crippen molar-refractivity contribution >= 4 is 23.3 Å². The van der Waals surface area contributed by atoms with Gasteiger partial charge in [-0.05, 0) is 38.0 Å². The van der Waals surface area contributed by atoms with E-state index in [1.54, 1.807) is 17.4 Å². The van der Waals surface area contributed by atoms with Crippen LogP contribution in [0.4, 0.5) is 16.2 Å². The van der Waals surface area contributed by atoms with Crippen LogP contribution in [0.1, 0.15) is 31.4 Å². The van der Waals surface area contributed by atoms with Gasteiger partial charge in [0, 0.05) is 49.3 Å². The third kappa shape index (κ3) is 3.99. The number of urea groups is 1. The monoisotopic (exact) mass is 341 g/mol. The predicted molar refractivity (Wildman–Crippen MR) is 96.7 cm³/mol. The lowest BCUT2D eigenvalue weighted by Crippen LogP contribution is -2.33. The fraction of sp³-hybridized carbons (Fsp3) is 0.389. The molecular formula is C18H23N5O2. The number of rotatable bonds is 5. The Kier molecular flexibility index (Phi) is 5.02. The van der Waals surface area contributed by atoms with Crippen LogP contribution < -0.4 is 15.5 Å². The van der Waals surface area contributed by atoms with E-state index in [0.29, 0.717) is 18.7 Å². The van der Waals surface area contributed by atoms with Gasteiger partial charge in [-0.25, -0.2) is 9.78 Å². The van der Waals surface area contributed by atoms with Crippen LogP contribution in [0, 0.1) is 6.92 Å². The van der Waals surface area contributed by atoms with Gasteiger partial charge in [-0.1, -0.05) is 6.07 Å². The van der Waals surface area contributed by atoms with E-state index in [1.165, 1.54) is 0 Å². The molecule has 0 bridgehead atoms. The van der Waals surface area contributed by atoms with E-state index < -0.39 is 0 Å². The summed E-state index contributed by atoms with van der Waals surface area (Å²) in [6.07, 6.45) is 6.77. The first-order valence-electron chi connectivity index (χ1n) is 8.48. The summed E-state index contributed by atoms with van der Waals surface area (Å²) in [4.78, 5) is 29.9. The molecule has 3 rings (SSSR count). The van der Waals surface area contributed by atoms with Crippen molar-refractivity contribution < 1.29 is 9.59 Å². The summed E-state index contributed by atoms with van der Waals surface area (Å²) in [7, 11) is 0. The highest BCUT2D eigenvalue weighted by atomic mass is 16.2. The third-order valence-corrected chi connectivity index (χ3v) is 4.42. The minimum absolute atomic E-state index is 0.115. The Morgan fingerprint density at radius 2 is 2.24 bits per heavy atom. The topological polar surface area (TPSA) is 79.3 Å². The average Bonchev–Trinajstić information content (AvgIpc) is 3.26. The lowest BCUT2D eigenvalue weighted by Gasteiger charge is -2.20. The first kappa shape index (κ1) is 17.0. The zero-order valence-corrected chi connectivity index (χ0v) is 14.5. The molecule has 25 heavy (non-hydrogen) atoms. The van der Waals surface area contributed by atoms with E-state index in [1.807, 2.05) is 42.8 Å². The molecule has 2 N–H and O–H groups in total. The first-order chi connectivity index (χ1) is 12.0. The number of nitrogens with zero attached hydrogens (tertiary/aromatic N) is 3. The van der Waals surface area contributed by atoms with Gasteiger partial charge in [0.05, 0.1) is 6.33 Å². The molecule has 7 heteroatoms. The molecule has 0 aliphatic carbocycles.